The molecule has 3 heteroatoms. The van der Waals surface area contributed by atoms with Crippen LogP contribution in [0.4, 0.5) is 0 Å². The van der Waals surface area contributed by atoms with Crippen LogP contribution >= 0.6 is 11.8 Å². The number of thioether (sulfide) groups is 1. The number of fused-ring (bicyclic) bond motifs is 1. The average Bonchev–Trinajstić information content (AvgIpc) is 2.50. The zero-order valence-corrected chi connectivity index (χ0v) is 11.7. The number of benzene rings is 2. The Kier molecular flexibility index (Phi) is 3.28. The van der Waals surface area contributed by atoms with Crippen molar-refractivity contribution in [2.24, 2.45) is 0 Å². The summed E-state index contributed by atoms with van der Waals surface area (Å²) in [6.45, 7) is 1.72. The summed E-state index contributed by atoms with van der Waals surface area (Å²) in [7, 11) is 0. The van der Waals surface area contributed by atoms with E-state index in [1.807, 2.05) is 30.3 Å². The molecule has 2 aromatic rings. The summed E-state index contributed by atoms with van der Waals surface area (Å²) in [4.78, 5) is 26.4. The van der Waals surface area contributed by atoms with E-state index in [0.717, 1.165) is 4.90 Å². The first kappa shape index (κ1) is 12.9. The van der Waals surface area contributed by atoms with Gasteiger partial charge in [0.05, 0.1) is 4.91 Å². The van der Waals surface area contributed by atoms with Gasteiger partial charge in [0, 0.05) is 21.6 Å². The third kappa shape index (κ3) is 2.10. The van der Waals surface area contributed by atoms with Crippen LogP contribution in [0.1, 0.15) is 27.6 Å². The molecule has 0 bridgehead atoms. The predicted octanol–water partition coefficient (Wildman–Crippen LogP) is 4.13. The number of ketones is 2. The van der Waals surface area contributed by atoms with Crippen molar-refractivity contribution in [2.45, 2.75) is 11.8 Å². The lowest BCUT2D eigenvalue weighted by Gasteiger charge is -2.18. The number of hydrogen-bond donors (Lipinski definition) is 0. The molecule has 0 aromatic heterocycles. The summed E-state index contributed by atoms with van der Waals surface area (Å²) in [6, 6.07) is 16.6. The third-order valence-electron chi connectivity index (χ3n) is 3.27. The normalized spacial score (nSPS) is 14.4. The van der Waals surface area contributed by atoms with Crippen LogP contribution in [0.5, 0.6) is 0 Å². The van der Waals surface area contributed by atoms with Crippen molar-refractivity contribution in [3.8, 4) is 0 Å². The van der Waals surface area contributed by atoms with Crippen LogP contribution in [0.25, 0.3) is 0 Å². The number of Topliss-reactive ketones (excluding diaryl/α,β-unsaturated/α-hetero) is 2. The summed E-state index contributed by atoms with van der Waals surface area (Å²) in [5.41, 5.74) is 1.54. The molecule has 0 amide bonds. The van der Waals surface area contributed by atoms with Crippen molar-refractivity contribution in [3.63, 3.8) is 0 Å². The smallest absolute Gasteiger partial charge is 0.200 e. The van der Waals surface area contributed by atoms with Crippen LogP contribution in [-0.4, -0.2) is 11.6 Å². The molecule has 0 radical (unpaired) electrons. The molecule has 2 aromatic carbocycles. The van der Waals surface area contributed by atoms with Gasteiger partial charge in [-0.25, -0.2) is 0 Å². The number of hydrogen-bond acceptors (Lipinski definition) is 3. The van der Waals surface area contributed by atoms with E-state index in [-0.39, 0.29) is 11.6 Å². The summed E-state index contributed by atoms with van der Waals surface area (Å²) in [5, 5.41) is 0. The van der Waals surface area contributed by atoms with E-state index in [1.54, 1.807) is 31.2 Å². The SMILES string of the molecule is CC1=C(Sc2ccccc2)C(=O)c2ccccc2C1=O. The van der Waals surface area contributed by atoms with E-state index in [1.165, 1.54) is 11.8 Å². The van der Waals surface area contributed by atoms with Crippen molar-refractivity contribution in [1.29, 1.82) is 0 Å². The molecule has 1 aliphatic carbocycles. The van der Waals surface area contributed by atoms with Gasteiger partial charge in [-0.1, -0.05) is 54.2 Å². The van der Waals surface area contributed by atoms with Gasteiger partial charge in [-0.05, 0) is 19.1 Å². The lowest BCUT2D eigenvalue weighted by atomic mass is 9.90. The van der Waals surface area contributed by atoms with Gasteiger partial charge in [0.15, 0.2) is 5.78 Å². The molecule has 0 saturated heterocycles. The number of carbonyl (C=O) groups excluding carboxylic acids is 2. The van der Waals surface area contributed by atoms with Gasteiger partial charge < -0.3 is 0 Å². The van der Waals surface area contributed by atoms with Crippen molar-refractivity contribution in [1.82, 2.24) is 0 Å². The van der Waals surface area contributed by atoms with Crippen molar-refractivity contribution in [2.75, 3.05) is 0 Å². The summed E-state index contributed by atoms with van der Waals surface area (Å²) >= 11 is 1.36. The molecule has 0 atom stereocenters. The highest BCUT2D eigenvalue weighted by Crippen LogP contribution is 2.36. The Labute approximate surface area is 121 Å². The van der Waals surface area contributed by atoms with E-state index < -0.39 is 0 Å². The Morgan fingerprint density at radius 2 is 1.30 bits per heavy atom. The Morgan fingerprint density at radius 1 is 0.750 bits per heavy atom. The fourth-order valence-electron chi connectivity index (χ4n) is 2.21. The van der Waals surface area contributed by atoms with Crippen LogP contribution in [-0.2, 0) is 0 Å². The summed E-state index contributed by atoms with van der Waals surface area (Å²) in [6.07, 6.45) is 0. The van der Waals surface area contributed by atoms with Crippen molar-refractivity contribution in [3.05, 3.63) is 76.2 Å². The van der Waals surface area contributed by atoms with Gasteiger partial charge in [0.25, 0.3) is 0 Å². The number of allylic oxidation sites excluding steroid dienone is 2. The second-order valence-electron chi connectivity index (χ2n) is 4.57. The van der Waals surface area contributed by atoms with Crippen LogP contribution in [0.3, 0.4) is 0 Å². The van der Waals surface area contributed by atoms with Crippen molar-refractivity contribution < 1.29 is 9.59 Å². The molecule has 1 aliphatic rings. The van der Waals surface area contributed by atoms with E-state index in [4.69, 9.17) is 0 Å². The minimum Gasteiger partial charge on any atom is -0.289 e. The largest absolute Gasteiger partial charge is 0.289 e. The molecular formula is C17H12O2S. The average molecular weight is 280 g/mol. The Morgan fingerprint density at radius 3 is 1.95 bits per heavy atom. The molecule has 0 heterocycles. The highest BCUT2D eigenvalue weighted by molar-refractivity contribution is 8.04. The number of carbonyl (C=O) groups is 2. The van der Waals surface area contributed by atoms with Crippen LogP contribution < -0.4 is 0 Å². The Bertz CT molecular complexity index is 730. The lowest BCUT2D eigenvalue weighted by Crippen LogP contribution is -2.19. The second kappa shape index (κ2) is 5.10. The van der Waals surface area contributed by atoms with E-state index in [2.05, 4.69) is 0 Å². The molecule has 3 rings (SSSR count). The Balaban J connectivity index is 2.06. The second-order valence-corrected chi connectivity index (χ2v) is 5.66. The molecule has 98 valence electrons. The van der Waals surface area contributed by atoms with Crippen LogP contribution in [0.15, 0.2) is 70.0 Å². The topological polar surface area (TPSA) is 34.1 Å². The molecule has 20 heavy (non-hydrogen) atoms. The van der Waals surface area contributed by atoms with Gasteiger partial charge in [0.1, 0.15) is 0 Å². The molecule has 2 nitrogen and oxygen atoms in total. The summed E-state index contributed by atoms with van der Waals surface area (Å²) in [5.74, 6) is -0.120. The highest BCUT2D eigenvalue weighted by atomic mass is 32.2. The standard InChI is InChI=1S/C17H12O2S/c1-11-15(18)13-9-5-6-10-14(13)16(19)17(11)20-12-7-3-2-4-8-12/h2-10H,1H3. The van der Waals surface area contributed by atoms with Gasteiger partial charge in [-0.3, -0.25) is 9.59 Å². The molecule has 0 N–H and O–H groups in total. The molecule has 0 aliphatic heterocycles. The van der Waals surface area contributed by atoms with E-state index >= 15 is 0 Å². The zero-order valence-electron chi connectivity index (χ0n) is 10.9. The van der Waals surface area contributed by atoms with Gasteiger partial charge >= 0.3 is 0 Å². The van der Waals surface area contributed by atoms with Crippen LogP contribution in [0.2, 0.25) is 0 Å². The maximum absolute atomic E-state index is 12.5. The van der Waals surface area contributed by atoms with Crippen LogP contribution in [0, 0.1) is 0 Å². The van der Waals surface area contributed by atoms with Gasteiger partial charge in [-0.2, -0.15) is 0 Å². The minimum absolute atomic E-state index is 0.0568. The first-order chi connectivity index (χ1) is 9.68. The molecule has 0 fully saturated rings. The first-order valence-corrected chi connectivity index (χ1v) is 7.12. The maximum Gasteiger partial charge on any atom is 0.200 e. The summed E-state index contributed by atoms with van der Waals surface area (Å²) < 4.78 is 0. The van der Waals surface area contributed by atoms with E-state index in [9.17, 15) is 9.59 Å². The zero-order chi connectivity index (χ0) is 14.1. The fourth-order valence-corrected chi connectivity index (χ4v) is 3.18. The lowest BCUT2D eigenvalue weighted by molar-refractivity contribution is 0.0981. The first-order valence-electron chi connectivity index (χ1n) is 6.30. The van der Waals surface area contributed by atoms with E-state index in [0.29, 0.717) is 21.6 Å². The third-order valence-corrected chi connectivity index (χ3v) is 4.47. The van der Waals surface area contributed by atoms with Crippen molar-refractivity contribution >= 4 is 23.3 Å². The van der Waals surface area contributed by atoms with Gasteiger partial charge in [-0.15, -0.1) is 0 Å². The molecule has 0 unspecified atom stereocenters. The highest BCUT2D eigenvalue weighted by Gasteiger charge is 2.29. The van der Waals surface area contributed by atoms with Gasteiger partial charge in [0.2, 0.25) is 5.78 Å². The Hall–Kier alpha value is -2.13. The fraction of sp³-hybridized carbons (Fsp3) is 0.0588. The minimum atomic E-state index is -0.0634. The number of rotatable bonds is 2. The molecule has 0 spiro atoms. The predicted molar refractivity (Wildman–Crippen MR) is 80.1 cm³/mol. The molecular weight excluding hydrogens is 268 g/mol. The quantitative estimate of drug-likeness (QED) is 0.829. The monoisotopic (exact) mass is 280 g/mol. The molecule has 0 saturated carbocycles. The maximum atomic E-state index is 12.5.